The molecule has 16 heavy (non-hydrogen) atoms. The summed E-state index contributed by atoms with van der Waals surface area (Å²) in [4.78, 5) is 0. The molecule has 0 spiro atoms. The van der Waals surface area contributed by atoms with Gasteiger partial charge in [-0.15, -0.1) is 5.69 Å². The van der Waals surface area contributed by atoms with Gasteiger partial charge in [0.05, 0.1) is 0 Å². The molecule has 78 valence electrons. The van der Waals surface area contributed by atoms with Gasteiger partial charge in [0.25, 0.3) is 0 Å². The SMILES string of the molecule is FC(F)(F)c1cc(-c2ccccc2)[n-]n1.[Li+]. The molecule has 0 atom stereocenters. The maximum absolute atomic E-state index is 12.2. The zero-order valence-corrected chi connectivity index (χ0v) is 8.49. The van der Waals surface area contributed by atoms with Gasteiger partial charge in [-0.2, -0.15) is 13.2 Å². The van der Waals surface area contributed by atoms with E-state index >= 15 is 0 Å². The van der Waals surface area contributed by atoms with Crippen LogP contribution in [-0.4, -0.2) is 5.10 Å². The minimum Gasteiger partial charge on any atom is -0.574 e. The maximum atomic E-state index is 12.2. The summed E-state index contributed by atoms with van der Waals surface area (Å²) < 4.78 is 36.6. The fourth-order valence-corrected chi connectivity index (χ4v) is 1.18. The van der Waals surface area contributed by atoms with Gasteiger partial charge in [0, 0.05) is 0 Å². The minimum absolute atomic E-state index is 0. The Balaban J connectivity index is 0.00000128. The van der Waals surface area contributed by atoms with Crippen LogP contribution in [0.25, 0.3) is 11.3 Å². The van der Waals surface area contributed by atoms with Crippen LogP contribution in [0.5, 0.6) is 0 Å². The summed E-state index contributed by atoms with van der Waals surface area (Å²) in [6, 6.07) is 9.56. The summed E-state index contributed by atoms with van der Waals surface area (Å²) in [6.07, 6.45) is -4.43. The second-order valence-corrected chi connectivity index (χ2v) is 2.98. The standard InChI is InChI=1S/C10H6F3N2.Li/c11-10(12,13)9-6-8(14-15-9)7-4-2-1-3-5-7;/h1-6H;/q-1;+1. The van der Waals surface area contributed by atoms with Crippen LogP contribution in [-0.2, 0) is 6.18 Å². The molecule has 2 aromatic rings. The van der Waals surface area contributed by atoms with E-state index in [4.69, 9.17) is 0 Å². The number of rotatable bonds is 1. The number of hydrogen-bond acceptors (Lipinski definition) is 1. The van der Waals surface area contributed by atoms with E-state index < -0.39 is 11.9 Å². The molecule has 1 heterocycles. The van der Waals surface area contributed by atoms with Gasteiger partial charge in [0.2, 0.25) is 0 Å². The first-order valence-electron chi connectivity index (χ1n) is 4.20. The molecule has 0 aliphatic carbocycles. The number of hydrogen-bond donors (Lipinski definition) is 0. The Labute approximate surface area is 102 Å². The van der Waals surface area contributed by atoms with Crippen molar-refractivity contribution >= 4 is 0 Å². The molecule has 0 N–H and O–H groups in total. The van der Waals surface area contributed by atoms with Crippen molar-refractivity contribution in [1.82, 2.24) is 10.2 Å². The molecule has 0 bridgehead atoms. The van der Waals surface area contributed by atoms with Crippen LogP contribution in [0, 0.1) is 0 Å². The van der Waals surface area contributed by atoms with E-state index in [2.05, 4.69) is 10.2 Å². The molecule has 1 aromatic carbocycles. The van der Waals surface area contributed by atoms with Crippen LogP contribution in [0.4, 0.5) is 13.2 Å². The Morgan fingerprint density at radius 2 is 1.69 bits per heavy atom. The summed E-state index contributed by atoms with van der Waals surface area (Å²) in [6.45, 7) is 0. The van der Waals surface area contributed by atoms with Crippen molar-refractivity contribution in [2.24, 2.45) is 0 Å². The van der Waals surface area contributed by atoms with Gasteiger partial charge < -0.3 is 10.2 Å². The smallest absolute Gasteiger partial charge is 0.574 e. The Morgan fingerprint density at radius 1 is 1.06 bits per heavy atom. The van der Waals surface area contributed by atoms with Gasteiger partial charge >= 0.3 is 25.0 Å². The third kappa shape index (κ3) is 2.69. The average Bonchev–Trinajstić information content (AvgIpc) is 2.67. The number of nitrogens with zero attached hydrogens (tertiary/aromatic N) is 2. The second kappa shape index (κ2) is 4.77. The van der Waals surface area contributed by atoms with Crippen molar-refractivity contribution in [1.29, 1.82) is 0 Å². The van der Waals surface area contributed by atoms with Crippen molar-refractivity contribution in [3.8, 4) is 11.3 Å². The predicted molar refractivity (Wildman–Crippen MR) is 48.0 cm³/mol. The van der Waals surface area contributed by atoms with Crippen molar-refractivity contribution in [2.75, 3.05) is 0 Å². The molecule has 0 saturated heterocycles. The Morgan fingerprint density at radius 3 is 2.19 bits per heavy atom. The second-order valence-electron chi connectivity index (χ2n) is 2.98. The molecule has 0 amide bonds. The van der Waals surface area contributed by atoms with Gasteiger partial charge in [0.1, 0.15) is 5.69 Å². The van der Waals surface area contributed by atoms with E-state index in [0.717, 1.165) is 6.07 Å². The zero-order valence-electron chi connectivity index (χ0n) is 8.49. The van der Waals surface area contributed by atoms with E-state index in [1.54, 1.807) is 30.3 Å². The van der Waals surface area contributed by atoms with Crippen molar-refractivity contribution < 1.29 is 32.0 Å². The molecular weight excluding hydrogens is 212 g/mol. The van der Waals surface area contributed by atoms with Gasteiger partial charge in [-0.25, -0.2) is 0 Å². The number of alkyl halides is 3. The van der Waals surface area contributed by atoms with Crippen LogP contribution in [0.2, 0.25) is 0 Å². The molecule has 1 aromatic heterocycles. The molecular formula is C10H6F3LiN2. The first kappa shape index (κ1) is 12.9. The summed E-state index contributed by atoms with van der Waals surface area (Å²) in [7, 11) is 0. The Hall–Kier alpha value is -1.18. The predicted octanol–water partition coefficient (Wildman–Crippen LogP) is -0.271. The van der Waals surface area contributed by atoms with E-state index in [1.165, 1.54) is 0 Å². The molecule has 0 saturated carbocycles. The van der Waals surface area contributed by atoms with E-state index in [9.17, 15) is 13.2 Å². The Kier molecular flexibility index (Phi) is 3.84. The van der Waals surface area contributed by atoms with E-state index in [1.807, 2.05) is 0 Å². The van der Waals surface area contributed by atoms with Gasteiger partial charge in [0.15, 0.2) is 0 Å². The number of benzene rings is 1. The summed E-state index contributed by atoms with van der Waals surface area (Å²) in [5, 5.41) is 6.57. The summed E-state index contributed by atoms with van der Waals surface area (Å²) in [5.41, 5.74) is -0.0928. The third-order valence-corrected chi connectivity index (χ3v) is 1.90. The van der Waals surface area contributed by atoms with Crippen LogP contribution in [0.15, 0.2) is 36.4 Å². The number of aromatic nitrogens is 2. The fraction of sp³-hybridized carbons (Fsp3) is 0.100. The largest absolute Gasteiger partial charge is 1.00 e. The first-order valence-corrected chi connectivity index (χ1v) is 4.20. The van der Waals surface area contributed by atoms with Crippen molar-refractivity contribution in [2.45, 2.75) is 6.18 Å². The van der Waals surface area contributed by atoms with Crippen molar-refractivity contribution in [3.05, 3.63) is 42.1 Å². The molecule has 0 fully saturated rings. The van der Waals surface area contributed by atoms with Gasteiger partial charge in [-0.3, -0.25) is 0 Å². The molecule has 2 rings (SSSR count). The summed E-state index contributed by atoms with van der Waals surface area (Å²) in [5.74, 6) is 0. The third-order valence-electron chi connectivity index (χ3n) is 1.90. The monoisotopic (exact) mass is 218 g/mol. The van der Waals surface area contributed by atoms with E-state index in [-0.39, 0.29) is 24.6 Å². The van der Waals surface area contributed by atoms with Crippen LogP contribution < -0.4 is 24.0 Å². The molecule has 6 heteroatoms. The van der Waals surface area contributed by atoms with E-state index in [0.29, 0.717) is 5.56 Å². The first-order chi connectivity index (χ1) is 7.07. The van der Waals surface area contributed by atoms with Crippen LogP contribution in [0.1, 0.15) is 5.69 Å². The topological polar surface area (TPSA) is 27.0 Å². The van der Waals surface area contributed by atoms with Crippen LogP contribution in [0.3, 0.4) is 0 Å². The minimum atomic E-state index is -4.43. The van der Waals surface area contributed by atoms with Gasteiger partial charge in [-0.05, 0) is 11.6 Å². The maximum Gasteiger partial charge on any atom is 1.00 e. The van der Waals surface area contributed by atoms with Gasteiger partial charge in [-0.1, -0.05) is 30.3 Å². The molecule has 0 aliphatic heterocycles. The van der Waals surface area contributed by atoms with Crippen LogP contribution >= 0.6 is 0 Å². The molecule has 2 nitrogen and oxygen atoms in total. The Bertz CT molecular complexity index is 451. The normalized spacial score (nSPS) is 10.9. The average molecular weight is 218 g/mol. The molecule has 0 unspecified atom stereocenters. The number of halogens is 3. The van der Waals surface area contributed by atoms with Crippen molar-refractivity contribution in [3.63, 3.8) is 0 Å². The molecule has 0 radical (unpaired) electrons. The molecule has 0 aliphatic rings. The summed E-state index contributed by atoms with van der Waals surface area (Å²) >= 11 is 0. The fourth-order valence-electron chi connectivity index (χ4n) is 1.18. The zero-order chi connectivity index (χ0) is 10.9. The quantitative estimate of drug-likeness (QED) is 0.616.